The van der Waals surface area contributed by atoms with E-state index in [0.717, 1.165) is 73.0 Å². The smallest absolute Gasteiger partial charge is 0.319 e. The monoisotopic (exact) mass is 486 g/mol. The first-order valence-electron chi connectivity index (χ1n) is 12.2. The first kappa shape index (κ1) is 23.8. The summed E-state index contributed by atoms with van der Waals surface area (Å²) in [6, 6.07) is 19.6. The third-order valence-corrected chi connectivity index (χ3v) is 6.12. The van der Waals surface area contributed by atoms with Crippen LogP contribution in [0.15, 0.2) is 71.4 Å². The predicted molar refractivity (Wildman–Crippen MR) is 140 cm³/mol. The Kier molecular flexibility index (Phi) is 7.70. The lowest BCUT2D eigenvalue weighted by Gasteiger charge is -2.26. The summed E-state index contributed by atoms with van der Waals surface area (Å²) in [6.07, 6.45) is 2.32. The van der Waals surface area contributed by atoms with Crippen LogP contribution in [0.25, 0.3) is 22.4 Å². The van der Waals surface area contributed by atoms with Gasteiger partial charge in [0.15, 0.2) is 0 Å². The van der Waals surface area contributed by atoms with Crippen molar-refractivity contribution in [3.63, 3.8) is 0 Å². The number of urea groups is 1. The summed E-state index contributed by atoms with van der Waals surface area (Å²) in [7, 11) is 0. The van der Waals surface area contributed by atoms with Crippen molar-refractivity contribution in [3.8, 4) is 11.3 Å². The number of hydrogen-bond donors (Lipinski definition) is 3. The van der Waals surface area contributed by atoms with E-state index in [1.165, 1.54) is 6.33 Å². The molecular weight excluding hydrogens is 456 g/mol. The molecule has 0 bridgehead atoms. The van der Waals surface area contributed by atoms with Crippen molar-refractivity contribution in [1.82, 2.24) is 20.2 Å². The molecule has 36 heavy (non-hydrogen) atoms. The second-order valence-corrected chi connectivity index (χ2v) is 8.63. The summed E-state index contributed by atoms with van der Waals surface area (Å²) >= 11 is 0. The van der Waals surface area contributed by atoms with E-state index in [-0.39, 0.29) is 6.03 Å². The van der Waals surface area contributed by atoms with Crippen LogP contribution in [-0.2, 0) is 11.2 Å². The third-order valence-electron chi connectivity index (χ3n) is 6.12. The number of furan rings is 1. The molecule has 2 aromatic heterocycles. The fourth-order valence-corrected chi connectivity index (χ4v) is 4.15. The number of ether oxygens (including phenoxy) is 1. The highest BCUT2D eigenvalue weighted by molar-refractivity contribution is 5.90. The number of nitrogens with zero attached hydrogens (tertiary/aromatic N) is 3. The molecule has 0 atom stereocenters. The van der Waals surface area contributed by atoms with Gasteiger partial charge in [-0.05, 0) is 30.2 Å². The Morgan fingerprint density at radius 1 is 0.972 bits per heavy atom. The summed E-state index contributed by atoms with van der Waals surface area (Å²) in [6.45, 7) is 5.49. The molecular formula is C27H30N6O3. The van der Waals surface area contributed by atoms with E-state index in [4.69, 9.17) is 9.15 Å². The topological polar surface area (TPSA) is 105 Å². The lowest BCUT2D eigenvalue weighted by molar-refractivity contribution is 0.0388. The zero-order valence-electron chi connectivity index (χ0n) is 20.1. The molecule has 5 rings (SSSR count). The maximum atomic E-state index is 12.2. The van der Waals surface area contributed by atoms with Gasteiger partial charge in [-0.25, -0.2) is 14.8 Å². The summed E-state index contributed by atoms with van der Waals surface area (Å²) in [5.41, 5.74) is 3.48. The van der Waals surface area contributed by atoms with Crippen LogP contribution in [0.3, 0.4) is 0 Å². The lowest BCUT2D eigenvalue weighted by atomic mass is 10.1. The summed E-state index contributed by atoms with van der Waals surface area (Å²) in [5.74, 6) is 1.51. The van der Waals surface area contributed by atoms with Crippen molar-refractivity contribution in [2.24, 2.45) is 0 Å². The number of anilines is 2. The highest BCUT2D eigenvalue weighted by Gasteiger charge is 2.12. The number of aromatic nitrogens is 2. The highest BCUT2D eigenvalue weighted by atomic mass is 16.5. The molecule has 3 heterocycles. The molecule has 4 aromatic rings. The Hall–Kier alpha value is -3.95. The van der Waals surface area contributed by atoms with Crippen LogP contribution in [0, 0.1) is 0 Å². The molecule has 2 aromatic carbocycles. The first-order valence-corrected chi connectivity index (χ1v) is 12.2. The van der Waals surface area contributed by atoms with Crippen LogP contribution in [0.5, 0.6) is 0 Å². The van der Waals surface area contributed by atoms with Crippen LogP contribution >= 0.6 is 0 Å². The third kappa shape index (κ3) is 6.18. The Labute approximate surface area is 209 Å². The van der Waals surface area contributed by atoms with Crippen molar-refractivity contribution >= 4 is 28.6 Å². The van der Waals surface area contributed by atoms with Gasteiger partial charge in [0.2, 0.25) is 5.71 Å². The van der Waals surface area contributed by atoms with Gasteiger partial charge in [-0.2, -0.15) is 0 Å². The number of carbonyl (C=O) groups is 1. The standard InChI is InChI=1S/C27H30N6O3/c34-27(29-12-13-33-14-16-35-17-15-33)32-22-8-6-20(7-9-22)10-11-28-25-23-18-24(21-4-2-1-3-5-21)36-26(23)31-19-30-25/h1-9,18-19H,10-17H2,(H,28,30,31)(H2,29,32,34). The van der Waals surface area contributed by atoms with Gasteiger partial charge in [0.25, 0.3) is 0 Å². The first-order chi connectivity index (χ1) is 17.7. The molecule has 0 spiro atoms. The summed E-state index contributed by atoms with van der Waals surface area (Å²) in [4.78, 5) is 23.1. The van der Waals surface area contributed by atoms with E-state index in [2.05, 4.69) is 30.8 Å². The molecule has 0 radical (unpaired) electrons. The number of hydrogen-bond acceptors (Lipinski definition) is 7. The van der Waals surface area contributed by atoms with Crippen molar-refractivity contribution in [3.05, 3.63) is 72.6 Å². The van der Waals surface area contributed by atoms with Gasteiger partial charge >= 0.3 is 6.03 Å². The normalized spacial score (nSPS) is 14.0. The fourth-order valence-electron chi connectivity index (χ4n) is 4.15. The summed E-state index contributed by atoms with van der Waals surface area (Å²) in [5, 5.41) is 10.1. The number of carbonyl (C=O) groups excluding carboxylic acids is 1. The van der Waals surface area contributed by atoms with Crippen LogP contribution in [0.4, 0.5) is 16.3 Å². The van der Waals surface area contributed by atoms with Gasteiger partial charge in [-0.15, -0.1) is 0 Å². The Morgan fingerprint density at radius 3 is 2.58 bits per heavy atom. The fraction of sp³-hybridized carbons (Fsp3) is 0.296. The maximum absolute atomic E-state index is 12.2. The Morgan fingerprint density at radius 2 is 1.78 bits per heavy atom. The van der Waals surface area contributed by atoms with E-state index in [0.29, 0.717) is 18.8 Å². The zero-order chi connectivity index (χ0) is 24.6. The Balaban J connectivity index is 1.09. The van der Waals surface area contributed by atoms with E-state index in [1.54, 1.807) is 0 Å². The van der Waals surface area contributed by atoms with Gasteiger partial charge in [0, 0.05) is 44.0 Å². The Bertz CT molecular complexity index is 1270. The van der Waals surface area contributed by atoms with E-state index in [1.807, 2.05) is 60.7 Å². The van der Waals surface area contributed by atoms with Crippen molar-refractivity contribution in [1.29, 1.82) is 0 Å². The van der Waals surface area contributed by atoms with E-state index in [9.17, 15) is 4.79 Å². The second-order valence-electron chi connectivity index (χ2n) is 8.63. The minimum atomic E-state index is -0.194. The average Bonchev–Trinajstić information content (AvgIpc) is 3.36. The minimum Gasteiger partial charge on any atom is -0.438 e. The van der Waals surface area contributed by atoms with Crippen LogP contribution in [0.1, 0.15) is 5.56 Å². The molecule has 1 fully saturated rings. The van der Waals surface area contributed by atoms with E-state index < -0.39 is 0 Å². The molecule has 186 valence electrons. The number of benzene rings is 2. The maximum Gasteiger partial charge on any atom is 0.319 e. The van der Waals surface area contributed by atoms with Crippen LogP contribution in [-0.4, -0.2) is 66.8 Å². The van der Waals surface area contributed by atoms with Gasteiger partial charge in [0.1, 0.15) is 17.9 Å². The molecule has 1 aliphatic heterocycles. The van der Waals surface area contributed by atoms with Gasteiger partial charge < -0.3 is 25.1 Å². The molecule has 0 unspecified atom stereocenters. The molecule has 9 heteroatoms. The molecule has 0 aliphatic carbocycles. The molecule has 3 N–H and O–H groups in total. The van der Waals surface area contributed by atoms with Gasteiger partial charge in [0.05, 0.1) is 18.6 Å². The quantitative estimate of drug-likeness (QED) is 0.328. The number of nitrogens with one attached hydrogen (secondary N) is 3. The van der Waals surface area contributed by atoms with Crippen LogP contribution in [0.2, 0.25) is 0 Å². The zero-order valence-corrected chi connectivity index (χ0v) is 20.1. The average molecular weight is 487 g/mol. The van der Waals surface area contributed by atoms with Crippen LogP contribution < -0.4 is 16.0 Å². The van der Waals surface area contributed by atoms with Crippen molar-refractivity contribution in [2.75, 3.05) is 56.6 Å². The molecule has 9 nitrogen and oxygen atoms in total. The summed E-state index contributed by atoms with van der Waals surface area (Å²) < 4.78 is 11.3. The SMILES string of the molecule is O=C(NCCN1CCOCC1)Nc1ccc(CCNc2ncnc3oc(-c4ccccc4)cc23)cc1. The number of rotatable bonds is 9. The number of morpholine rings is 1. The second kappa shape index (κ2) is 11.7. The number of fused-ring (bicyclic) bond motifs is 1. The molecule has 1 saturated heterocycles. The lowest BCUT2D eigenvalue weighted by Crippen LogP contribution is -2.42. The van der Waals surface area contributed by atoms with E-state index >= 15 is 0 Å². The largest absolute Gasteiger partial charge is 0.438 e. The molecule has 1 aliphatic rings. The van der Waals surface area contributed by atoms with Crippen molar-refractivity contribution < 1.29 is 13.9 Å². The van der Waals surface area contributed by atoms with Crippen molar-refractivity contribution in [2.45, 2.75) is 6.42 Å². The number of amides is 2. The molecule has 2 amide bonds. The highest BCUT2D eigenvalue weighted by Crippen LogP contribution is 2.29. The van der Waals surface area contributed by atoms with Gasteiger partial charge in [-0.1, -0.05) is 42.5 Å². The molecule has 0 saturated carbocycles. The predicted octanol–water partition coefficient (Wildman–Crippen LogP) is 4.00. The van der Waals surface area contributed by atoms with Gasteiger partial charge in [-0.3, -0.25) is 4.90 Å². The minimum absolute atomic E-state index is 0.194.